The normalized spacial score (nSPS) is 11.4. The average molecular weight is 304 g/mol. The Morgan fingerprint density at radius 2 is 2.00 bits per heavy atom. The van der Waals surface area contributed by atoms with Gasteiger partial charge in [0, 0.05) is 13.0 Å². The highest BCUT2D eigenvalue weighted by Gasteiger charge is 2.09. The van der Waals surface area contributed by atoms with Crippen molar-refractivity contribution in [2.24, 2.45) is 0 Å². The number of amides is 2. The van der Waals surface area contributed by atoms with Crippen LogP contribution in [0.2, 0.25) is 0 Å². The monoisotopic (exact) mass is 304 g/mol. The number of ether oxygens (including phenoxy) is 1. The molecule has 1 atom stereocenters. The number of benzene rings is 1. The van der Waals surface area contributed by atoms with Crippen LogP contribution < -0.4 is 15.4 Å². The molecule has 0 fully saturated rings. The molecule has 2 N–H and O–H groups in total. The van der Waals surface area contributed by atoms with E-state index in [1.54, 1.807) is 0 Å². The van der Waals surface area contributed by atoms with Gasteiger partial charge >= 0.3 is 0 Å². The van der Waals surface area contributed by atoms with Crippen molar-refractivity contribution < 1.29 is 14.3 Å². The minimum Gasteiger partial charge on any atom is -0.494 e. The van der Waals surface area contributed by atoms with Crippen LogP contribution in [0.4, 0.5) is 0 Å². The third-order valence-electron chi connectivity index (χ3n) is 3.13. The molecular weight excluding hydrogens is 280 g/mol. The van der Waals surface area contributed by atoms with Crippen LogP contribution in [0.25, 0.3) is 0 Å². The predicted octanol–water partition coefficient (Wildman–Crippen LogP) is 2.34. The molecule has 1 aromatic carbocycles. The Labute approximate surface area is 131 Å². The van der Waals surface area contributed by atoms with Crippen LogP contribution in [0.15, 0.2) is 36.9 Å². The van der Waals surface area contributed by atoms with Crippen molar-refractivity contribution in [2.45, 2.75) is 32.7 Å². The molecule has 0 radical (unpaired) electrons. The summed E-state index contributed by atoms with van der Waals surface area (Å²) in [6, 6.07) is 7.62. The van der Waals surface area contributed by atoms with Gasteiger partial charge in [0.1, 0.15) is 5.75 Å². The van der Waals surface area contributed by atoms with Crippen molar-refractivity contribution in [2.75, 3.05) is 13.2 Å². The maximum absolute atomic E-state index is 11.8. The quantitative estimate of drug-likeness (QED) is 0.543. The second-order valence-electron chi connectivity index (χ2n) is 4.89. The summed E-state index contributed by atoms with van der Waals surface area (Å²) in [7, 11) is 0. The topological polar surface area (TPSA) is 67.4 Å². The first kappa shape index (κ1) is 17.8. The van der Waals surface area contributed by atoms with Crippen molar-refractivity contribution in [3.05, 3.63) is 42.5 Å². The highest BCUT2D eigenvalue weighted by atomic mass is 16.5. The summed E-state index contributed by atoms with van der Waals surface area (Å²) in [5, 5.41) is 5.58. The predicted molar refractivity (Wildman–Crippen MR) is 86.6 cm³/mol. The van der Waals surface area contributed by atoms with Gasteiger partial charge in [0.15, 0.2) is 0 Å². The van der Waals surface area contributed by atoms with Gasteiger partial charge in [-0.3, -0.25) is 9.59 Å². The van der Waals surface area contributed by atoms with Gasteiger partial charge in [-0.2, -0.15) is 0 Å². The van der Waals surface area contributed by atoms with Gasteiger partial charge in [0.2, 0.25) is 11.8 Å². The third-order valence-corrected chi connectivity index (χ3v) is 3.13. The fraction of sp³-hybridized carbons (Fsp3) is 0.412. The van der Waals surface area contributed by atoms with Gasteiger partial charge in [-0.15, -0.1) is 0 Å². The summed E-state index contributed by atoms with van der Waals surface area (Å²) in [6.45, 7) is 8.34. The molecule has 22 heavy (non-hydrogen) atoms. The van der Waals surface area contributed by atoms with E-state index in [2.05, 4.69) is 17.2 Å². The summed E-state index contributed by atoms with van der Waals surface area (Å²) in [4.78, 5) is 22.8. The van der Waals surface area contributed by atoms with E-state index < -0.39 is 0 Å². The van der Waals surface area contributed by atoms with Crippen molar-refractivity contribution in [1.29, 1.82) is 0 Å². The fourth-order valence-electron chi connectivity index (χ4n) is 1.95. The molecule has 5 nitrogen and oxygen atoms in total. The number of carbonyl (C=O) groups is 2. The molecule has 0 spiro atoms. The first-order valence-electron chi connectivity index (χ1n) is 7.49. The first-order valence-corrected chi connectivity index (χ1v) is 7.49. The minimum atomic E-state index is -0.219. The highest BCUT2D eigenvalue weighted by molar-refractivity contribution is 5.86. The van der Waals surface area contributed by atoms with E-state index in [1.165, 1.54) is 6.08 Å². The third kappa shape index (κ3) is 6.43. The van der Waals surface area contributed by atoms with Crippen LogP contribution in [-0.2, 0) is 9.59 Å². The van der Waals surface area contributed by atoms with Crippen LogP contribution in [0.3, 0.4) is 0 Å². The van der Waals surface area contributed by atoms with E-state index in [0.717, 1.165) is 11.3 Å². The smallest absolute Gasteiger partial charge is 0.243 e. The molecule has 0 heterocycles. The van der Waals surface area contributed by atoms with Gasteiger partial charge in [-0.1, -0.05) is 18.7 Å². The Hall–Kier alpha value is -2.30. The van der Waals surface area contributed by atoms with Crippen molar-refractivity contribution in [1.82, 2.24) is 10.6 Å². The number of hydrogen-bond acceptors (Lipinski definition) is 3. The summed E-state index contributed by atoms with van der Waals surface area (Å²) >= 11 is 0. The lowest BCUT2D eigenvalue weighted by Crippen LogP contribution is -2.28. The van der Waals surface area contributed by atoms with E-state index >= 15 is 0 Å². The number of rotatable bonds is 9. The average Bonchev–Trinajstić information content (AvgIpc) is 2.52. The van der Waals surface area contributed by atoms with E-state index in [-0.39, 0.29) is 17.9 Å². The maximum Gasteiger partial charge on any atom is 0.243 e. The van der Waals surface area contributed by atoms with Crippen LogP contribution in [0, 0.1) is 0 Å². The largest absolute Gasteiger partial charge is 0.494 e. The van der Waals surface area contributed by atoms with Gasteiger partial charge in [0.25, 0.3) is 0 Å². The highest BCUT2D eigenvalue weighted by Crippen LogP contribution is 2.17. The summed E-state index contributed by atoms with van der Waals surface area (Å²) in [6.07, 6.45) is 2.19. The zero-order valence-corrected chi connectivity index (χ0v) is 13.2. The van der Waals surface area contributed by atoms with E-state index in [0.29, 0.717) is 26.0 Å². The summed E-state index contributed by atoms with van der Waals surface area (Å²) < 4.78 is 5.39. The molecule has 1 aromatic rings. The van der Waals surface area contributed by atoms with Gasteiger partial charge in [0.05, 0.1) is 12.6 Å². The lowest BCUT2D eigenvalue weighted by Gasteiger charge is -2.15. The summed E-state index contributed by atoms with van der Waals surface area (Å²) in [5.74, 6) is 0.570. The SMILES string of the molecule is C=CC(=O)NCCCC(=O)N[C@@H](C)c1ccc(OCC)cc1. The van der Waals surface area contributed by atoms with E-state index in [1.807, 2.05) is 38.1 Å². The number of nitrogens with one attached hydrogen (secondary N) is 2. The second kappa shape index (κ2) is 9.60. The van der Waals surface area contributed by atoms with Crippen molar-refractivity contribution in [3.63, 3.8) is 0 Å². The Morgan fingerprint density at radius 1 is 1.32 bits per heavy atom. The van der Waals surface area contributed by atoms with E-state index in [4.69, 9.17) is 4.74 Å². The zero-order chi connectivity index (χ0) is 16.4. The zero-order valence-electron chi connectivity index (χ0n) is 13.2. The molecule has 0 aliphatic heterocycles. The fourth-order valence-corrected chi connectivity index (χ4v) is 1.95. The molecule has 0 saturated carbocycles. The van der Waals surface area contributed by atoms with E-state index in [9.17, 15) is 9.59 Å². The van der Waals surface area contributed by atoms with Crippen molar-refractivity contribution in [3.8, 4) is 5.75 Å². The molecule has 2 amide bonds. The lowest BCUT2D eigenvalue weighted by molar-refractivity contribution is -0.122. The molecule has 0 aromatic heterocycles. The van der Waals surface area contributed by atoms with Crippen LogP contribution in [-0.4, -0.2) is 25.0 Å². The van der Waals surface area contributed by atoms with Gasteiger partial charge in [-0.25, -0.2) is 0 Å². The van der Waals surface area contributed by atoms with Crippen molar-refractivity contribution >= 4 is 11.8 Å². The lowest BCUT2D eigenvalue weighted by atomic mass is 10.1. The molecule has 0 aliphatic carbocycles. The Balaban J connectivity index is 2.33. The molecule has 120 valence electrons. The number of hydrogen-bond donors (Lipinski definition) is 2. The molecule has 1 rings (SSSR count). The molecule has 0 aliphatic rings. The van der Waals surface area contributed by atoms with Crippen LogP contribution in [0.5, 0.6) is 5.75 Å². The standard InChI is InChI=1S/C17H24N2O3/c1-4-16(20)18-12-6-7-17(21)19-13(3)14-8-10-15(11-9-14)22-5-2/h4,8-11,13H,1,5-7,12H2,2-3H3,(H,18,20)(H,19,21)/t13-/m0/s1. The molecule has 0 unspecified atom stereocenters. The van der Waals surface area contributed by atoms with Crippen LogP contribution in [0.1, 0.15) is 38.3 Å². The molecule has 0 bridgehead atoms. The minimum absolute atomic E-state index is 0.0331. The summed E-state index contributed by atoms with van der Waals surface area (Å²) in [5.41, 5.74) is 1.02. The Bertz CT molecular complexity index is 497. The molecule has 5 heteroatoms. The van der Waals surface area contributed by atoms with Gasteiger partial charge < -0.3 is 15.4 Å². The second-order valence-corrected chi connectivity index (χ2v) is 4.89. The van der Waals surface area contributed by atoms with Crippen LogP contribution >= 0.6 is 0 Å². The Morgan fingerprint density at radius 3 is 2.59 bits per heavy atom. The molecular formula is C17H24N2O3. The number of carbonyl (C=O) groups excluding carboxylic acids is 2. The maximum atomic E-state index is 11.8. The molecule has 0 saturated heterocycles. The van der Waals surface area contributed by atoms with Gasteiger partial charge in [-0.05, 0) is 44.0 Å². The first-order chi connectivity index (χ1) is 10.6. The Kier molecular flexibility index (Phi) is 7.75.